The molecule has 0 spiro atoms. The Labute approximate surface area is 187 Å². The highest BCUT2D eigenvalue weighted by Gasteiger charge is 2.27. The number of thiazole rings is 1. The zero-order valence-electron chi connectivity index (χ0n) is 18.6. The van der Waals surface area contributed by atoms with Crippen molar-refractivity contribution in [1.82, 2.24) is 30.7 Å². The standard InChI is InChI=1S/C20H34N6O4S/c1-15(2)17(24-19(28)26-10-8-25(3)9-11-26)18(27)22-6-4-5-7-23-20(29)30-13-16-12-21-14-31-16/h12,14-15,17H,4-11,13H2,1-3H3,(H,22,27)(H,23,29)(H,24,28). The summed E-state index contributed by atoms with van der Waals surface area (Å²) < 4.78 is 5.09. The van der Waals surface area contributed by atoms with E-state index in [1.165, 1.54) is 11.3 Å². The summed E-state index contributed by atoms with van der Waals surface area (Å²) in [6.07, 6.45) is 2.61. The van der Waals surface area contributed by atoms with Gasteiger partial charge in [0.1, 0.15) is 12.6 Å². The first-order chi connectivity index (χ1) is 14.9. The molecule has 11 heteroatoms. The van der Waals surface area contributed by atoms with Crippen LogP contribution in [-0.2, 0) is 16.1 Å². The first kappa shape index (κ1) is 24.9. The van der Waals surface area contributed by atoms with Crippen LogP contribution in [0.5, 0.6) is 0 Å². The molecule has 1 aromatic rings. The molecule has 0 radical (unpaired) electrons. The summed E-state index contributed by atoms with van der Waals surface area (Å²) in [6, 6.07) is -0.769. The summed E-state index contributed by atoms with van der Waals surface area (Å²) in [4.78, 5) is 45.4. The molecule has 4 amide bonds. The minimum Gasteiger partial charge on any atom is -0.444 e. The lowest BCUT2D eigenvalue weighted by molar-refractivity contribution is -0.123. The molecule has 10 nitrogen and oxygen atoms in total. The molecule has 1 aromatic heterocycles. The number of hydrogen-bond acceptors (Lipinski definition) is 7. The number of amides is 4. The number of hydrogen-bond donors (Lipinski definition) is 3. The van der Waals surface area contributed by atoms with Crippen LogP contribution in [0, 0.1) is 5.92 Å². The molecule has 1 saturated heterocycles. The molecule has 0 aliphatic carbocycles. The Morgan fingerprint density at radius 3 is 2.42 bits per heavy atom. The Kier molecular flexibility index (Phi) is 10.5. The fourth-order valence-electron chi connectivity index (χ4n) is 3.03. The van der Waals surface area contributed by atoms with Crippen LogP contribution in [-0.4, -0.2) is 85.2 Å². The van der Waals surface area contributed by atoms with E-state index < -0.39 is 12.1 Å². The maximum Gasteiger partial charge on any atom is 0.407 e. The molecule has 0 saturated carbocycles. The van der Waals surface area contributed by atoms with E-state index in [1.54, 1.807) is 16.6 Å². The van der Waals surface area contributed by atoms with E-state index in [0.29, 0.717) is 39.0 Å². The summed E-state index contributed by atoms with van der Waals surface area (Å²) >= 11 is 1.43. The van der Waals surface area contributed by atoms with Crippen molar-refractivity contribution in [3.63, 3.8) is 0 Å². The maximum absolute atomic E-state index is 12.5. The Balaban J connectivity index is 1.59. The van der Waals surface area contributed by atoms with Gasteiger partial charge in [0.2, 0.25) is 5.91 Å². The quantitative estimate of drug-likeness (QED) is 0.458. The number of ether oxygens (including phenoxy) is 1. The third-order valence-corrected chi connectivity index (χ3v) is 5.77. The predicted octanol–water partition coefficient (Wildman–Crippen LogP) is 1.25. The number of nitrogens with zero attached hydrogens (tertiary/aromatic N) is 3. The molecule has 1 atom stereocenters. The van der Waals surface area contributed by atoms with Crippen molar-refractivity contribution >= 4 is 29.4 Å². The summed E-state index contributed by atoms with van der Waals surface area (Å²) in [5.41, 5.74) is 1.69. The zero-order valence-corrected chi connectivity index (χ0v) is 19.4. The monoisotopic (exact) mass is 454 g/mol. The second-order valence-corrected chi connectivity index (χ2v) is 8.90. The summed E-state index contributed by atoms with van der Waals surface area (Å²) in [6.45, 7) is 7.96. The minimum absolute atomic E-state index is 0.0219. The van der Waals surface area contributed by atoms with Gasteiger partial charge in [0.25, 0.3) is 0 Å². The van der Waals surface area contributed by atoms with Gasteiger partial charge < -0.3 is 30.5 Å². The molecule has 174 valence electrons. The fourth-order valence-corrected chi connectivity index (χ4v) is 3.54. The number of likely N-dealkylation sites (N-methyl/N-ethyl adjacent to an activating group) is 1. The van der Waals surface area contributed by atoms with E-state index in [9.17, 15) is 14.4 Å². The average Bonchev–Trinajstić information content (AvgIpc) is 3.26. The number of nitrogens with one attached hydrogen (secondary N) is 3. The van der Waals surface area contributed by atoms with Crippen molar-refractivity contribution < 1.29 is 19.1 Å². The molecule has 2 heterocycles. The number of aromatic nitrogens is 1. The lowest BCUT2D eigenvalue weighted by Crippen LogP contribution is -2.56. The van der Waals surface area contributed by atoms with Crippen LogP contribution in [0.25, 0.3) is 0 Å². The highest BCUT2D eigenvalue weighted by molar-refractivity contribution is 7.09. The lowest BCUT2D eigenvalue weighted by atomic mass is 10.0. The second kappa shape index (κ2) is 13.1. The molecule has 3 N–H and O–H groups in total. The van der Waals surface area contributed by atoms with Gasteiger partial charge in [-0.3, -0.25) is 9.78 Å². The van der Waals surface area contributed by atoms with E-state index in [4.69, 9.17) is 4.74 Å². The van der Waals surface area contributed by atoms with E-state index in [1.807, 2.05) is 20.9 Å². The lowest BCUT2D eigenvalue weighted by Gasteiger charge is -2.34. The van der Waals surface area contributed by atoms with Gasteiger partial charge >= 0.3 is 12.1 Å². The van der Waals surface area contributed by atoms with Crippen molar-refractivity contribution in [1.29, 1.82) is 0 Å². The number of piperazine rings is 1. The number of carbonyl (C=O) groups is 3. The zero-order chi connectivity index (χ0) is 22.6. The van der Waals surface area contributed by atoms with Crippen molar-refractivity contribution in [3.8, 4) is 0 Å². The fraction of sp³-hybridized carbons (Fsp3) is 0.700. The predicted molar refractivity (Wildman–Crippen MR) is 119 cm³/mol. The molecule has 0 aromatic carbocycles. The van der Waals surface area contributed by atoms with E-state index in [0.717, 1.165) is 18.0 Å². The van der Waals surface area contributed by atoms with Gasteiger partial charge in [-0.1, -0.05) is 13.8 Å². The highest BCUT2D eigenvalue weighted by Crippen LogP contribution is 2.07. The molecule has 0 bridgehead atoms. The van der Waals surface area contributed by atoms with Gasteiger partial charge in [0.05, 0.1) is 10.4 Å². The smallest absolute Gasteiger partial charge is 0.407 e. The summed E-state index contributed by atoms with van der Waals surface area (Å²) in [5.74, 6) is -0.208. The average molecular weight is 455 g/mol. The number of alkyl carbamates (subject to hydrolysis) is 1. The van der Waals surface area contributed by atoms with Crippen LogP contribution in [0.15, 0.2) is 11.7 Å². The minimum atomic E-state index is -0.577. The largest absolute Gasteiger partial charge is 0.444 e. The van der Waals surface area contributed by atoms with Crippen molar-refractivity contribution in [2.24, 2.45) is 5.92 Å². The van der Waals surface area contributed by atoms with Gasteiger partial charge in [-0.25, -0.2) is 9.59 Å². The van der Waals surface area contributed by atoms with Crippen LogP contribution in [0.4, 0.5) is 9.59 Å². The van der Waals surface area contributed by atoms with E-state index in [-0.39, 0.29) is 24.5 Å². The topological polar surface area (TPSA) is 116 Å². The number of rotatable bonds is 10. The van der Waals surface area contributed by atoms with E-state index >= 15 is 0 Å². The first-order valence-electron chi connectivity index (χ1n) is 10.7. The summed E-state index contributed by atoms with van der Waals surface area (Å²) in [7, 11) is 2.03. The van der Waals surface area contributed by atoms with Crippen LogP contribution in [0.2, 0.25) is 0 Å². The Morgan fingerprint density at radius 2 is 1.81 bits per heavy atom. The van der Waals surface area contributed by atoms with Crippen LogP contribution >= 0.6 is 11.3 Å². The van der Waals surface area contributed by atoms with Gasteiger partial charge in [-0.15, -0.1) is 11.3 Å². The van der Waals surface area contributed by atoms with E-state index in [2.05, 4.69) is 25.8 Å². The SMILES string of the molecule is CC(C)C(NC(=O)N1CCN(C)CC1)C(=O)NCCCCNC(=O)OCc1cncs1. The Hall–Kier alpha value is -2.40. The Morgan fingerprint density at radius 1 is 1.13 bits per heavy atom. The van der Waals surface area contributed by atoms with Crippen LogP contribution in [0.1, 0.15) is 31.6 Å². The highest BCUT2D eigenvalue weighted by atomic mass is 32.1. The molecule has 1 fully saturated rings. The third kappa shape index (κ3) is 9.09. The first-order valence-corrected chi connectivity index (χ1v) is 11.5. The van der Waals surface area contributed by atoms with Crippen LogP contribution < -0.4 is 16.0 Å². The van der Waals surface area contributed by atoms with Crippen LogP contribution in [0.3, 0.4) is 0 Å². The molecule has 1 aliphatic heterocycles. The molecule has 2 rings (SSSR count). The normalized spacial score (nSPS) is 15.4. The van der Waals surface area contributed by atoms with Gasteiger partial charge in [-0.2, -0.15) is 0 Å². The summed E-state index contributed by atoms with van der Waals surface area (Å²) in [5, 5.41) is 8.44. The molecule has 1 aliphatic rings. The number of urea groups is 1. The van der Waals surface area contributed by atoms with Gasteiger partial charge in [0, 0.05) is 45.5 Å². The molecular formula is C20H34N6O4S. The van der Waals surface area contributed by atoms with Gasteiger partial charge in [-0.05, 0) is 25.8 Å². The number of unbranched alkanes of at least 4 members (excludes halogenated alkanes) is 1. The Bertz CT molecular complexity index is 692. The van der Waals surface area contributed by atoms with Crippen molar-refractivity contribution in [2.45, 2.75) is 39.3 Å². The second-order valence-electron chi connectivity index (χ2n) is 7.93. The molecular weight excluding hydrogens is 420 g/mol. The van der Waals surface area contributed by atoms with Crippen molar-refractivity contribution in [3.05, 3.63) is 16.6 Å². The number of carbonyl (C=O) groups excluding carboxylic acids is 3. The maximum atomic E-state index is 12.5. The molecule has 31 heavy (non-hydrogen) atoms. The van der Waals surface area contributed by atoms with Crippen molar-refractivity contribution in [2.75, 3.05) is 46.3 Å². The third-order valence-electron chi connectivity index (χ3n) is 5.02. The van der Waals surface area contributed by atoms with Gasteiger partial charge in [0.15, 0.2) is 0 Å². The molecule has 1 unspecified atom stereocenters.